The van der Waals surface area contributed by atoms with Gasteiger partial charge in [0.25, 0.3) is 0 Å². The average molecular weight is 303 g/mol. The summed E-state index contributed by atoms with van der Waals surface area (Å²) in [5, 5.41) is 9.87. The van der Waals surface area contributed by atoms with E-state index in [0.717, 1.165) is 10.9 Å². The van der Waals surface area contributed by atoms with E-state index < -0.39 is 11.9 Å². The highest BCUT2D eigenvalue weighted by molar-refractivity contribution is 5.88. The summed E-state index contributed by atoms with van der Waals surface area (Å²) in [4.78, 5) is 24.9. The molecule has 0 aliphatic carbocycles. The maximum atomic E-state index is 12.3. The lowest BCUT2D eigenvalue weighted by Crippen LogP contribution is -2.31. The predicted octanol–water partition coefficient (Wildman–Crippen LogP) is 1.92. The van der Waals surface area contributed by atoms with Crippen LogP contribution in [0.3, 0.4) is 0 Å². The minimum Gasteiger partial charge on any atom is -0.497 e. The normalized spacial score (nSPS) is 17.9. The first-order valence-electron chi connectivity index (χ1n) is 7.13. The molecule has 2 heterocycles. The number of amides is 1. The van der Waals surface area contributed by atoms with E-state index in [2.05, 4.69) is 0 Å². The molecule has 6 heteroatoms. The van der Waals surface area contributed by atoms with E-state index >= 15 is 0 Å². The van der Waals surface area contributed by atoms with Crippen LogP contribution in [0.1, 0.15) is 12.0 Å². The largest absolute Gasteiger partial charge is 0.497 e. The lowest BCUT2D eigenvalue weighted by Gasteiger charge is -2.15. The Bertz CT molecular complexity index is 720. The van der Waals surface area contributed by atoms with Gasteiger partial charge in [-0.3, -0.25) is 9.59 Å². The molecule has 0 spiro atoms. The van der Waals surface area contributed by atoms with Gasteiger partial charge in [-0.05, 0) is 18.6 Å². The number of hydrogen-bond acceptors (Lipinski definition) is 4. The van der Waals surface area contributed by atoms with Crippen LogP contribution in [-0.4, -0.2) is 42.1 Å². The molecule has 1 N–H and O–H groups in total. The molecule has 22 heavy (non-hydrogen) atoms. The van der Waals surface area contributed by atoms with Gasteiger partial charge >= 0.3 is 5.97 Å². The Morgan fingerprint density at radius 1 is 1.45 bits per heavy atom. The topological polar surface area (TPSA) is 80.0 Å². The molecule has 1 aliphatic rings. The van der Waals surface area contributed by atoms with Crippen LogP contribution in [0.5, 0.6) is 5.75 Å². The van der Waals surface area contributed by atoms with Crippen LogP contribution in [0.2, 0.25) is 0 Å². The van der Waals surface area contributed by atoms with E-state index in [1.807, 2.05) is 12.1 Å². The lowest BCUT2D eigenvalue weighted by atomic mass is 10.1. The van der Waals surface area contributed by atoms with Crippen molar-refractivity contribution in [2.24, 2.45) is 5.92 Å². The Hall–Kier alpha value is -2.50. The van der Waals surface area contributed by atoms with Crippen molar-refractivity contribution in [1.29, 1.82) is 0 Å². The number of likely N-dealkylation sites (tertiary alicyclic amines) is 1. The van der Waals surface area contributed by atoms with Gasteiger partial charge in [-0.1, -0.05) is 0 Å². The van der Waals surface area contributed by atoms with Gasteiger partial charge in [0.2, 0.25) is 5.91 Å². The summed E-state index contributed by atoms with van der Waals surface area (Å²) >= 11 is 0. The molecule has 0 bridgehead atoms. The SMILES string of the molecule is COc1ccc2c(CC(=O)N3CC[C@@H](C(=O)O)C3)coc2c1. The van der Waals surface area contributed by atoms with Crippen LogP contribution in [0.25, 0.3) is 11.0 Å². The first-order valence-corrected chi connectivity index (χ1v) is 7.13. The summed E-state index contributed by atoms with van der Waals surface area (Å²) in [6.45, 7) is 0.789. The fourth-order valence-corrected chi connectivity index (χ4v) is 2.79. The zero-order valence-electron chi connectivity index (χ0n) is 12.2. The number of ether oxygens (including phenoxy) is 1. The Labute approximate surface area is 127 Å². The zero-order valence-corrected chi connectivity index (χ0v) is 12.2. The van der Waals surface area contributed by atoms with Crippen molar-refractivity contribution in [2.75, 3.05) is 20.2 Å². The van der Waals surface area contributed by atoms with Crippen LogP contribution in [0, 0.1) is 5.92 Å². The number of aliphatic carboxylic acids is 1. The summed E-state index contributed by atoms with van der Waals surface area (Å²) in [5.74, 6) is -0.656. The third-order valence-corrected chi connectivity index (χ3v) is 4.09. The Morgan fingerprint density at radius 3 is 2.95 bits per heavy atom. The van der Waals surface area contributed by atoms with Crippen molar-refractivity contribution in [1.82, 2.24) is 4.90 Å². The third-order valence-electron chi connectivity index (χ3n) is 4.09. The van der Waals surface area contributed by atoms with Crippen LogP contribution < -0.4 is 4.74 Å². The summed E-state index contributed by atoms with van der Waals surface area (Å²) in [6.07, 6.45) is 2.31. The second-order valence-electron chi connectivity index (χ2n) is 5.46. The molecule has 0 radical (unpaired) electrons. The predicted molar refractivity (Wildman–Crippen MR) is 78.8 cm³/mol. The number of carboxylic acids is 1. The highest BCUT2D eigenvalue weighted by atomic mass is 16.5. The standard InChI is InChI=1S/C16H17NO5/c1-21-12-2-3-13-11(9-22-14(13)7-12)6-15(18)17-5-4-10(8-17)16(19)20/h2-3,7,9-10H,4-6,8H2,1H3,(H,19,20)/t10-/m1/s1. The Kier molecular flexibility index (Phi) is 3.75. The van der Waals surface area contributed by atoms with Gasteiger partial charge < -0.3 is 19.2 Å². The molecule has 0 saturated carbocycles. The lowest BCUT2D eigenvalue weighted by molar-refractivity contribution is -0.141. The first-order chi connectivity index (χ1) is 10.6. The van der Waals surface area contributed by atoms with Gasteiger partial charge in [-0.2, -0.15) is 0 Å². The summed E-state index contributed by atoms with van der Waals surface area (Å²) in [7, 11) is 1.58. The maximum Gasteiger partial charge on any atom is 0.308 e. The summed E-state index contributed by atoms with van der Waals surface area (Å²) in [6, 6.07) is 5.46. The number of hydrogen-bond donors (Lipinski definition) is 1. The van der Waals surface area contributed by atoms with Gasteiger partial charge in [0.1, 0.15) is 11.3 Å². The van der Waals surface area contributed by atoms with Gasteiger partial charge in [0.15, 0.2) is 0 Å². The van der Waals surface area contributed by atoms with E-state index in [0.29, 0.717) is 24.3 Å². The molecule has 2 aromatic rings. The molecule has 1 aromatic heterocycles. The molecule has 1 aromatic carbocycles. The van der Waals surface area contributed by atoms with E-state index in [9.17, 15) is 9.59 Å². The highest BCUT2D eigenvalue weighted by Gasteiger charge is 2.31. The molecule has 1 atom stereocenters. The minimum absolute atomic E-state index is 0.0673. The number of benzene rings is 1. The van der Waals surface area contributed by atoms with Gasteiger partial charge in [-0.15, -0.1) is 0 Å². The molecule has 6 nitrogen and oxygen atoms in total. The Balaban J connectivity index is 1.73. The number of carbonyl (C=O) groups excluding carboxylic acids is 1. The number of methoxy groups -OCH3 is 1. The summed E-state index contributed by atoms with van der Waals surface area (Å²) in [5.41, 5.74) is 1.48. The fraction of sp³-hybridized carbons (Fsp3) is 0.375. The van der Waals surface area contributed by atoms with Crippen LogP contribution in [0.15, 0.2) is 28.9 Å². The van der Waals surface area contributed by atoms with Crippen molar-refractivity contribution >= 4 is 22.8 Å². The first kappa shape index (κ1) is 14.4. The number of carbonyl (C=O) groups is 2. The maximum absolute atomic E-state index is 12.3. The van der Waals surface area contributed by atoms with Crippen molar-refractivity contribution in [3.05, 3.63) is 30.0 Å². The van der Waals surface area contributed by atoms with Crippen molar-refractivity contribution in [3.8, 4) is 5.75 Å². The number of rotatable bonds is 4. The van der Waals surface area contributed by atoms with Gasteiger partial charge in [0, 0.05) is 30.1 Å². The van der Waals surface area contributed by atoms with Crippen LogP contribution in [-0.2, 0) is 16.0 Å². The number of furan rings is 1. The van der Waals surface area contributed by atoms with Crippen LogP contribution in [0.4, 0.5) is 0 Å². The van der Waals surface area contributed by atoms with Gasteiger partial charge in [0.05, 0.1) is 25.7 Å². The van der Waals surface area contributed by atoms with Gasteiger partial charge in [-0.25, -0.2) is 0 Å². The average Bonchev–Trinajstić information content (AvgIpc) is 3.14. The molecule has 1 aliphatic heterocycles. The fourth-order valence-electron chi connectivity index (χ4n) is 2.79. The molecule has 1 amide bonds. The second-order valence-corrected chi connectivity index (χ2v) is 5.46. The van der Waals surface area contributed by atoms with E-state index in [1.54, 1.807) is 24.3 Å². The quantitative estimate of drug-likeness (QED) is 0.933. The minimum atomic E-state index is -0.837. The van der Waals surface area contributed by atoms with Crippen molar-refractivity contribution < 1.29 is 23.8 Å². The third kappa shape index (κ3) is 2.64. The Morgan fingerprint density at radius 2 is 2.27 bits per heavy atom. The van der Waals surface area contributed by atoms with E-state index in [1.165, 1.54) is 0 Å². The van der Waals surface area contributed by atoms with Crippen molar-refractivity contribution in [3.63, 3.8) is 0 Å². The number of nitrogens with zero attached hydrogens (tertiary/aromatic N) is 1. The molecule has 1 fully saturated rings. The number of fused-ring (bicyclic) bond motifs is 1. The highest BCUT2D eigenvalue weighted by Crippen LogP contribution is 2.27. The summed E-state index contributed by atoms with van der Waals surface area (Å²) < 4.78 is 10.6. The zero-order chi connectivity index (χ0) is 15.7. The smallest absolute Gasteiger partial charge is 0.308 e. The van der Waals surface area contributed by atoms with E-state index in [4.69, 9.17) is 14.3 Å². The van der Waals surface area contributed by atoms with Crippen LogP contribution >= 0.6 is 0 Å². The molecular formula is C16H17NO5. The molecule has 1 saturated heterocycles. The van der Waals surface area contributed by atoms with Crippen molar-refractivity contribution in [2.45, 2.75) is 12.8 Å². The molecular weight excluding hydrogens is 286 g/mol. The molecule has 3 rings (SSSR count). The monoisotopic (exact) mass is 303 g/mol. The molecule has 0 unspecified atom stereocenters. The number of carboxylic acid groups (broad SMARTS) is 1. The molecule has 116 valence electrons. The second kappa shape index (κ2) is 5.71. The van der Waals surface area contributed by atoms with E-state index in [-0.39, 0.29) is 18.9 Å².